The van der Waals surface area contributed by atoms with Gasteiger partial charge in [0.1, 0.15) is 5.01 Å². The molecule has 21 heavy (non-hydrogen) atoms. The Morgan fingerprint density at radius 3 is 3.00 bits per heavy atom. The van der Waals surface area contributed by atoms with Crippen molar-refractivity contribution < 1.29 is 4.79 Å². The molecule has 1 aromatic carbocycles. The fraction of sp³-hybridized carbons (Fsp3) is 0.467. The Bertz CT molecular complexity index is 575. The Hall–Kier alpha value is -1.11. The monoisotopic (exact) mass is 321 g/mol. The van der Waals surface area contributed by atoms with Gasteiger partial charge in [0.15, 0.2) is 0 Å². The number of aromatic nitrogens is 1. The number of nitrogens with zero attached hydrogens (tertiary/aromatic N) is 1. The molecule has 6 heteroatoms. The van der Waals surface area contributed by atoms with Crippen LogP contribution >= 0.6 is 23.1 Å². The summed E-state index contributed by atoms with van der Waals surface area (Å²) in [4.78, 5) is 16.4. The van der Waals surface area contributed by atoms with E-state index in [9.17, 15) is 4.79 Å². The number of para-hydroxylation sites is 1. The van der Waals surface area contributed by atoms with E-state index >= 15 is 0 Å². The first kappa shape index (κ1) is 14.8. The third-order valence-corrected chi connectivity index (χ3v) is 5.92. The van der Waals surface area contributed by atoms with Crippen molar-refractivity contribution in [1.82, 2.24) is 15.6 Å². The number of piperidine rings is 1. The first-order valence-corrected chi connectivity index (χ1v) is 9.11. The lowest BCUT2D eigenvalue weighted by molar-refractivity contribution is -0.118. The summed E-state index contributed by atoms with van der Waals surface area (Å²) in [6, 6.07) is 8.06. The number of benzene rings is 1. The predicted molar refractivity (Wildman–Crippen MR) is 89.8 cm³/mol. The van der Waals surface area contributed by atoms with Crippen molar-refractivity contribution in [1.29, 1.82) is 0 Å². The quantitative estimate of drug-likeness (QED) is 0.888. The summed E-state index contributed by atoms with van der Waals surface area (Å²) in [5.41, 5.74) is 1.01. The van der Waals surface area contributed by atoms with E-state index in [1.165, 1.54) is 4.70 Å². The molecule has 0 saturated carbocycles. The average Bonchev–Trinajstić information content (AvgIpc) is 2.95. The summed E-state index contributed by atoms with van der Waals surface area (Å²) in [5, 5.41) is 7.91. The molecule has 0 atom stereocenters. The number of hydrogen-bond donors (Lipinski definition) is 2. The second-order valence-electron chi connectivity index (χ2n) is 5.11. The molecule has 0 radical (unpaired) electrons. The molecule has 3 rings (SSSR count). The van der Waals surface area contributed by atoms with Gasteiger partial charge in [0.25, 0.3) is 0 Å². The Labute approximate surface area is 132 Å². The van der Waals surface area contributed by atoms with E-state index in [0.717, 1.165) is 36.5 Å². The van der Waals surface area contributed by atoms with Gasteiger partial charge < -0.3 is 10.6 Å². The van der Waals surface area contributed by atoms with Crippen molar-refractivity contribution in [3.8, 4) is 0 Å². The fourth-order valence-electron chi connectivity index (χ4n) is 2.38. The van der Waals surface area contributed by atoms with Crippen LogP contribution in [0.25, 0.3) is 10.2 Å². The van der Waals surface area contributed by atoms with Crippen LogP contribution in [-0.4, -0.2) is 35.0 Å². The van der Waals surface area contributed by atoms with Crippen LogP contribution in [0.15, 0.2) is 24.3 Å². The Morgan fingerprint density at radius 1 is 1.38 bits per heavy atom. The van der Waals surface area contributed by atoms with E-state index in [1.54, 1.807) is 23.1 Å². The minimum absolute atomic E-state index is 0.109. The number of thiazole rings is 1. The van der Waals surface area contributed by atoms with E-state index < -0.39 is 0 Å². The van der Waals surface area contributed by atoms with Crippen LogP contribution in [0.5, 0.6) is 0 Å². The molecular weight excluding hydrogens is 302 g/mol. The average molecular weight is 321 g/mol. The highest BCUT2D eigenvalue weighted by Crippen LogP contribution is 2.22. The molecule has 2 aromatic rings. The zero-order valence-electron chi connectivity index (χ0n) is 11.8. The highest BCUT2D eigenvalue weighted by atomic mass is 32.2. The van der Waals surface area contributed by atoms with E-state index in [-0.39, 0.29) is 5.91 Å². The van der Waals surface area contributed by atoms with Crippen LogP contribution in [0.3, 0.4) is 0 Å². The van der Waals surface area contributed by atoms with E-state index in [2.05, 4.69) is 21.7 Å². The minimum atomic E-state index is 0.109. The standard InChI is InChI=1S/C15H19N3OS2/c19-14(10-20-11-5-7-16-8-6-11)17-9-15-18-12-3-1-2-4-13(12)21-15/h1-4,11,16H,5-10H2,(H,17,19). The minimum Gasteiger partial charge on any atom is -0.349 e. The van der Waals surface area contributed by atoms with Crippen LogP contribution in [0.1, 0.15) is 17.8 Å². The van der Waals surface area contributed by atoms with Crippen molar-refractivity contribution in [3.05, 3.63) is 29.3 Å². The third-order valence-electron chi connectivity index (χ3n) is 3.51. The molecule has 0 aliphatic carbocycles. The zero-order valence-corrected chi connectivity index (χ0v) is 13.4. The summed E-state index contributed by atoms with van der Waals surface area (Å²) >= 11 is 3.42. The number of fused-ring (bicyclic) bond motifs is 1. The number of amides is 1. The number of thioether (sulfide) groups is 1. The molecule has 2 N–H and O–H groups in total. The van der Waals surface area contributed by atoms with E-state index in [1.807, 2.05) is 18.2 Å². The number of carbonyl (C=O) groups excluding carboxylic acids is 1. The molecule has 2 heterocycles. The van der Waals surface area contributed by atoms with Gasteiger partial charge in [-0.15, -0.1) is 23.1 Å². The Balaban J connectivity index is 1.44. The number of rotatable bonds is 5. The molecular formula is C15H19N3OS2. The summed E-state index contributed by atoms with van der Waals surface area (Å²) in [7, 11) is 0. The zero-order chi connectivity index (χ0) is 14.5. The maximum absolute atomic E-state index is 11.9. The van der Waals surface area contributed by atoms with Gasteiger partial charge in [-0.25, -0.2) is 4.98 Å². The van der Waals surface area contributed by atoms with Crippen molar-refractivity contribution in [2.75, 3.05) is 18.8 Å². The van der Waals surface area contributed by atoms with Gasteiger partial charge in [0.05, 0.1) is 22.5 Å². The molecule has 1 aromatic heterocycles. The molecule has 1 aliphatic rings. The second kappa shape index (κ2) is 7.24. The van der Waals surface area contributed by atoms with Crippen LogP contribution in [0.4, 0.5) is 0 Å². The Morgan fingerprint density at radius 2 is 2.19 bits per heavy atom. The molecule has 0 spiro atoms. The van der Waals surface area contributed by atoms with E-state index in [0.29, 0.717) is 17.5 Å². The van der Waals surface area contributed by atoms with Crippen molar-refractivity contribution in [2.45, 2.75) is 24.6 Å². The molecule has 4 nitrogen and oxygen atoms in total. The fourth-order valence-corrected chi connectivity index (χ4v) is 4.34. The molecule has 0 unspecified atom stereocenters. The smallest absolute Gasteiger partial charge is 0.230 e. The van der Waals surface area contributed by atoms with Crippen LogP contribution in [-0.2, 0) is 11.3 Å². The summed E-state index contributed by atoms with van der Waals surface area (Å²) in [5.74, 6) is 0.660. The highest BCUT2D eigenvalue weighted by Gasteiger charge is 2.15. The third kappa shape index (κ3) is 4.18. The SMILES string of the molecule is O=C(CSC1CCNCC1)NCc1nc2ccccc2s1. The van der Waals surface area contributed by atoms with E-state index in [4.69, 9.17) is 0 Å². The van der Waals surface area contributed by atoms with Crippen LogP contribution in [0, 0.1) is 0 Å². The van der Waals surface area contributed by atoms with Gasteiger partial charge in [-0.3, -0.25) is 4.79 Å². The number of carbonyl (C=O) groups is 1. The summed E-state index contributed by atoms with van der Waals surface area (Å²) in [6.45, 7) is 2.68. The number of hydrogen-bond acceptors (Lipinski definition) is 5. The lowest BCUT2D eigenvalue weighted by Crippen LogP contribution is -2.31. The maximum Gasteiger partial charge on any atom is 0.230 e. The van der Waals surface area contributed by atoms with Gasteiger partial charge >= 0.3 is 0 Å². The van der Waals surface area contributed by atoms with Crippen molar-refractivity contribution >= 4 is 39.2 Å². The molecule has 1 saturated heterocycles. The maximum atomic E-state index is 11.9. The molecule has 0 bridgehead atoms. The summed E-state index contributed by atoms with van der Waals surface area (Å²) < 4.78 is 1.17. The van der Waals surface area contributed by atoms with Crippen LogP contribution < -0.4 is 10.6 Å². The number of nitrogens with one attached hydrogen (secondary N) is 2. The van der Waals surface area contributed by atoms with Gasteiger partial charge in [-0.2, -0.15) is 0 Å². The summed E-state index contributed by atoms with van der Waals surface area (Å²) in [6.07, 6.45) is 2.33. The van der Waals surface area contributed by atoms with Crippen LogP contribution in [0.2, 0.25) is 0 Å². The predicted octanol–water partition coefficient (Wildman–Crippen LogP) is 2.40. The largest absolute Gasteiger partial charge is 0.349 e. The second-order valence-corrected chi connectivity index (χ2v) is 7.52. The van der Waals surface area contributed by atoms with Gasteiger partial charge in [-0.1, -0.05) is 12.1 Å². The molecule has 112 valence electrons. The van der Waals surface area contributed by atoms with Crippen molar-refractivity contribution in [2.24, 2.45) is 0 Å². The van der Waals surface area contributed by atoms with Gasteiger partial charge in [-0.05, 0) is 38.1 Å². The normalized spacial score (nSPS) is 16.2. The Kier molecular flexibility index (Phi) is 5.11. The van der Waals surface area contributed by atoms with Gasteiger partial charge in [0, 0.05) is 5.25 Å². The van der Waals surface area contributed by atoms with Crippen molar-refractivity contribution in [3.63, 3.8) is 0 Å². The first-order chi connectivity index (χ1) is 10.3. The first-order valence-electron chi connectivity index (χ1n) is 7.25. The topological polar surface area (TPSA) is 54.0 Å². The molecule has 1 fully saturated rings. The lowest BCUT2D eigenvalue weighted by atomic mass is 10.2. The van der Waals surface area contributed by atoms with Gasteiger partial charge in [0.2, 0.25) is 5.91 Å². The highest BCUT2D eigenvalue weighted by molar-refractivity contribution is 8.00. The molecule has 1 aliphatic heterocycles. The lowest BCUT2D eigenvalue weighted by Gasteiger charge is -2.21. The molecule has 1 amide bonds.